The van der Waals surface area contributed by atoms with E-state index in [4.69, 9.17) is 16.3 Å². The molecule has 2 rings (SSSR count). The largest absolute Gasteiger partial charge is 0.486 e. The number of benzene rings is 1. The first-order valence-electron chi connectivity index (χ1n) is 7.94. The van der Waals surface area contributed by atoms with Crippen LogP contribution in [0.2, 0.25) is 5.02 Å². The Morgan fingerprint density at radius 3 is 2.76 bits per heavy atom. The van der Waals surface area contributed by atoms with Gasteiger partial charge in [-0.15, -0.1) is 12.4 Å². The number of ether oxygens (including phenoxy) is 1. The van der Waals surface area contributed by atoms with Crippen LogP contribution in [-0.2, 0) is 4.79 Å². The maximum absolute atomic E-state index is 11.9. The average Bonchev–Trinajstić information content (AvgIpc) is 2.55. The third-order valence-corrected chi connectivity index (χ3v) is 4.46. The molecule has 9 heteroatoms. The van der Waals surface area contributed by atoms with E-state index < -0.39 is 4.92 Å². The second kappa shape index (κ2) is 9.79. The Hall–Kier alpha value is -1.57. The van der Waals surface area contributed by atoms with Crippen molar-refractivity contribution in [1.82, 2.24) is 10.6 Å². The van der Waals surface area contributed by atoms with Gasteiger partial charge in [0, 0.05) is 17.6 Å². The van der Waals surface area contributed by atoms with Crippen molar-refractivity contribution < 1.29 is 14.5 Å². The smallest absolute Gasteiger partial charge is 0.312 e. The van der Waals surface area contributed by atoms with Crippen molar-refractivity contribution in [3.8, 4) is 5.75 Å². The first kappa shape index (κ1) is 21.5. The number of carbonyl (C=O) groups is 1. The standard InChI is InChI=1S/C16H22ClN3O4.ClH/c1-16(5-7-18-8-6-16)11-19-15(21)4-9-24-14-3-2-12(17)10-13(14)20(22)23;/h2-3,10,18H,4-9,11H2,1H3,(H,19,21);1H. The molecule has 0 radical (unpaired) electrons. The molecular formula is C16H23Cl2N3O4. The highest BCUT2D eigenvalue weighted by Crippen LogP contribution is 2.30. The summed E-state index contributed by atoms with van der Waals surface area (Å²) < 4.78 is 5.37. The number of carbonyl (C=O) groups excluding carboxylic acids is 1. The molecule has 1 fully saturated rings. The quantitative estimate of drug-likeness (QED) is 0.550. The summed E-state index contributed by atoms with van der Waals surface area (Å²) in [6.45, 7) is 4.81. The number of rotatable bonds is 7. The maximum atomic E-state index is 11.9. The third kappa shape index (κ3) is 6.68. The van der Waals surface area contributed by atoms with Crippen LogP contribution in [0.15, 0.2) is 18.2 Å². The lowest BCUT2D eigenvalue weighted by molar-refractivity contribution is -0.385. The van der Waals surface area contributed by atoms with Gasteiger partial charge in [-0.25, -0.2) is 0 Å². The summed E-state index contributed by atoms with van der Waals surface area (Å²) in [5.41, 5.74) is -0.0818. The van der Waals surface area contributed by atoms with Crippen molar-refractivity contribution in [2.45, 2.75) is 26.2 Å². The van der Waals surface area contributed by atoms with Gasteiger partial charge < -0.3 is 15.4 Å². The van der Waals surface area contributed by atoms with Crippen molar-refractivity contribution in [1.29, 1.82) is 0 Å². The van der Waals surface area contributed by atoms with Gasteiger partial charge >= 0.3 is 5.69 Å². The summed E-state index contributed by atoms with van der Waals surface area (Å²) in [5.74, 6) is -0.00566. The van der Waals surface area contributed by atoms with Crippen molar-refractivity contribution in [3.05, 3.63) is 33.3 Å². The first-order chi connectivity index (χ1) is 11.4. The Kier molecular flexibility index (Phi) is 8.41. The molecule has 0 atom stereocenters. The van der Waals surface area contributed by atoms with E-state index >= 15 is 0 Å². The highest BCUT2D eigenvalue weighted by Gasteiger charge is 2.27. The van der Waals surface area contributed by atoms with Gasteiger partial charge in [-0.2, -0.15) is 0 Å². The molecule has 1 aromatic rings. The first-order valence-corrected chi connectivity index (χ1v) is 8.32. The van der Waals surface area contributed by atoms with Crippen LogP contribution in [0.4, 0.5) is 5.69 Å². The number of hydrogen-bond acceptors (Lipinski definition) is 5. The van der Waals surface area contributed by atoms with E-state index in [1.54, 1.807) is 0 Å². The Balaban J connectivity index is 0.00000312. The summed E-state index contributed by atoms with van der Waals surface area (Å²) in [4.78, 5) is 22.3. The molecule has 2 N–H and O–H groups in total. The molecule has 140 valence electrons. The van der Waals surface area contributed by atoms with Crippen molar-refractivity contribution in [2.75, 3.05) is 26.2 Å². The van der Waals surface area contributed by atoms with E-state index in [0.717, 1.165) is 25.9 Å². The van der Waals surface area contributed by atoms with Gasteiger partial charge in [0.2, 0.25) is 5.91 Å². The van der Waals surface area contributed by atoms with E-state index in [9.17, 15) is 14.9 Å². The minimum absolute atomic E-state index is 0. The lowest BCUT2D eigenvalue weighted by atomic mass is 9.81. The van der Waals surface area contributed by atoms with E-state index in [2.05, 4.69) is 17.6 Å². The Labute approximate surface area is 158 Å². The molecule has 0 bridgehead atoms. The number of hydrogen-bond donors (Lipinski definition) is 2. The van der Waals surface area contributed by atoms with Gasteiger partial charge in [0.05, 0.1) is 18.0 Å². The fourth-order valence-corrected chi connectivity index (χ4v) is 2.78. The molecule has 1 aliphatic heterocycles. The van der Waals surface area contributed by atoms with Gasteiger partial charge in [-0.05, 0) is 43.5 Å². The van der Waals surface area contributed by atoms with Gasteiger partial charge in [-0.3, -0.25) is 14.9 Å². The summed E-state index contributed by atoms with van der Waals surface area (Å²) >= 11 is 5.74. The second-order valence-corrected chi connectivity index (χ2v) is 6.74. The Bertz CT molecular complexity index is 607. The van der Waals surface area contributed by atoms with Crippen LogP contribution < -0.4 is 15.4 Å². The predicted octanol–water partition coefficient (Wildman–Crippen LogP) is 2.94. The van der Waals surface area contributed by atoms with Crippen LogP contribution in [0.5, 0.6) is 5.75 Å². The molecule has 0 saturated carbocycles. The van der Waals surface area contributed by atoms with Crippen molar-refractivity contribution >= 4 is 35.6 Å². The number of piperidine rings is 1. The SMILES string of the molecule is CC1(CNC(=O)CCOc2ccc(Cl)cc2[N+](=O)[O-])CCNCC1.Cl. The number of nitro benzene ring substituents is 1. The second-order valence-electron chi connectivity index (χ2n) is 6.31. The van der Waals surface area contributed by atoms with Crippen molar-refractivity contribution in [2.24, 2.45) is 5.41 Å². The minimum atomic E-state index is -0.556. The average molecular weight is 392 g/mol. The van der Waals surface area contributed by atoms with Gasteiger partial charge in [0.15, 0.2) is 5.75 Å². The zero-order valence-electron chi connectivity index (χ0n) is 14.0. The molecule has 1 heterocycles. The highest BCUT2D eigenvalue weighted by atomic mass is 35.5. The number of halogens is 2. The highest BCUT2D eigenvalue weighted by molar-refractivity contribution is 6.30. The Morgan fingerprint density at radius 1 is 1.44 bits per heavy atom. The van der Waals surface area contributed by atoms with Crippen LogP contribution in [-0.4, -0.2) is 37.1 Å². The molecule has 1 aliphatic rings. The molecule has 1 amide bonds. The minimum Gasteiger partial charge on any atom is -0.486 e. The molecule has 1 aromatic carbocycles. The van der Waals surface area contributed by atoms with Crippen molar-refractivity contribution in [3.63, 3.8) is 0 Å². The molecule has 25 heavy (non-hydrogen) atoms. The summed E-state index contributed by atoms with van der Waals surface area (Å²) in [6.07, 6.45) is 2.20. The lowest BCUT2D eigenvalue weighted by Crippen LogP contribution is -2.43. The normalized spacial score (nSPS) is 15.8. The van der Waals surface area contributed by atoms with Gasteiger partial charge in [0.1, 0.15) is 0 Å². The molecule has 7 nitrogen and oxygen atoms in total. The predicted molar refractivity (Wildman–Crippen MR) is 98.7 cm³/mol. The zero-order chi connectivity index (χ0) is 17.6. The van der Waals surface area contributed by atoms with Crippen LogP contribution in [0.3, 0.4) is 0 Å². The Morgan fingerprint density at radius 2 is 2.12 bits per heavy atom. The van der Waals surface area contributed by atoms with E-state index in [-0.39, 0.29) is 53.2 Å². The fraction of sp³-hybridized carbons (Fsp3) is 0.562. The topological polar surface area (TPSA) is 93.5 Å². The lowest BCUT2D eigenvalue weighted by Gasteiger charge is -2.34. The number of nitrogens with one attached hydrogen (secondary N) is 2. The number of amides is 1. The molecular weight excluding hydrogens is 369 g/mol. The van der Waals surface area contributed by atoms with Crippen LogP contribution in [0.25, 0.3) is 0 Å². The van der Waals surface area contributed by atoms with E-state index in [0.29, 0.717) is 6.54 Å². The number of nitro groups is 1. The molecule has 0 aliphatic carbocycles. The molecule has 0 unspecified atom stereocenters. The number of nitrogens with zero attached hydrogens (tertiary/aromatic N) is 1. The molecule has 1 saturated heterocycles. The van der Waals surface area contributed by atoms with E-state index in [1.165, 1.54) is 18.2 Å². The monoisotopic (exact) mass is 391 g/mol. The third-order valence-electron chi connectivity index (χ3n) is 4.23. The maximum Gasteiger partial charge on any atom is 0.312 e. The summed E-state index contributed by atoms with van der Waals surface area (Å²) in [6, 6.07) is 4.19. The summed E-state index contributed by atoms with van der Waals surface area (Å²) in [5, 5.41) is 17.5. The molecule has 0 spiro atoms. The van der Waals surface area contributed by atoms with Gasteiger partial charge in [0.25, 0.3) is 0 Å². The van der Waals surface area contributed by atoms with Gasteiger partial charge in [-0.1, -0.05) is 18.5 Å². The molecule has 0 aromatic heterocycles. The van der Waals surface area contributed by atoms with Crippen LogP contribution in [0.1, 0.15) is 26.2 Å². The zero-order valence-corrected chi connectivity index (χ0v) is 15.6. The van der Waals surface area contributed by atoms with Crippen LogP contribution >= 0.6 is 24.0 Å². The van der Waals surface area contributed by atoms with E-state index in [1.807, 2.05) is 0 Å². The fourth-order valence-electron chi connectivity index (χ4n) is 2.62. The van der Waals surface area contributed by atoms with Crippen LogP contribution in [0, 0.1) is 15.5 Å². The summed E-state index contributed by atoms with van der Waals surface area (Å²) in [7, 11) is 0.